The van der Waals surface area contributed by atoms with E-state index in [0.717, 1.165) is 61.3 Å². The molecule has 0 unspecified atom stereocenters. The molecule has 42 heavy (non-hydrogen) atoms. The predicted octanol–water partition coefficient (Wildman–Crippen LogP) is 4.50. The highest BCUT2D eigenvalue weighted by atomic mass is 16.3. The number of anilines is 1. The van der Waals surface area contributed by atoms with Crippen LogP contribution in [-0.4, -0.2) is 54.9 Å². The molecule has 9 nitrogen and oxygen atoms in total. The van der Waals surface area contributed by atoms with Gasteiger partial charge in [-0.2, -0.15) is 5.26 Å². The molecule has 2 aromatic heterocycles. The van der Waals surface area contributed by atoms with Crippen molar-refractivity contribution in [1.29, 1.82) is 5.26 Å². The Kier molecular flexibility index (Phi) is 7.40. The number of β-amino-alcohol motifs (C(OH)–C–C–N with tert-alkyl or cyclic N) is 1. The average Bonchev–Trinajstić information content (AvgIpc) is 3.48. The molecule has 1 saturated carbocycles. The molecule has 3 aliphatic rings. The van der Waals surface area contributed by atoms with Crippen LogP contribution in [0.15, 0.2) is 36.7 Å². The van der Waals surface area contributed by atoms with E-state index in [1.807, 2.05) is 35.9 Å². The summed E-state index contributed by atoms with van der Waals surface area (Å²) in [5.41, 5.74) is 5.18. The number of aliphatic hydroxyl groups excluding tert-OH is 1. The van der Waals surface area contributed by atoms with Gasteiger partial charge in [-0.05, 0) is 78.8 Å². The van der Waals surface area contributed by atoms with Crippen molar-refractivity contribution in [1.82, 2.24) is 24.6 Å². The first-order valence-electron chi connectivity index (χ1n) is 15.1. The summed E-state index contributed by atoms with van der Waals surface area (Å²) in [5, 5.41) is 31.3. The highest BCUT2D eigenvalue weighted by Gasteiger charge is 2.49. The number of benzene rings is 1. The van der Waals surface area contributed by atoms with Crippen molar-refractivity contribution in [2.24, 2.45) is 18.9 Å². The van der Waals surface area contributed by atoms with Crippen LogP contribution in [0.1, 0.15) is 91.6 Å². The van der Waals surface area contributed by atoms with Crippen molar-refractivity contribution in [3.63, 3.8) is 0 Å². The third-order valence-electron chi connectivity index (χ3n) is 9.66. The first-order chi connectivity index (χ1) is 20.1. The lowest BCUT2D eigenvalue weighted by Crippen LogP contribution is -2.44. The van der Waals surface area contributed by atoms with Crippen LogP contribution in [0.4, 0.5) is 5.69 Å². The monoisotopic (exact) mass is 567 g/mol. The van der Waals surface area contributed by atoms with Gasteiger partial charge in [0.25, 0.3) is 5.91 Å². The number of aromatic nitrogens is 4. The van der Waals surface area contributed by atoms with Gasteiger partial charge < -0.3 is 15.0 Å². The third kappa shape index (κ3) is 5.23. The van der Waals surface area contributed by atoms with Crippen LogP contribution in [0.3, 0.4) is 0 Å². The molecule has 1 amide bonds. The second-order valence-electron chi connectivity index (χ2n) is 13.6. The van der Waals surface area contributed by atoms with Crippen LogP contribution in [-0.2, 0) is 30.8 Å². The van der Waals surface area contributed by atoms with Gasteiger partial charge in [-0.25, -0.2) is 4.98 Å². The lowest BCUT2D eigenvalue weighted by Gasteiger charge is -2.46. The van der Waals surface area contributed by atoms with Gasteiger partial charge in [-0.15, -0.1) is 10.2 Å². The van der Waals surface area contributed by atoms with E-state index in [-0.39, 0.29) is 22.8 Å². The van der Waals surface area contributed by atoms with Crippen LogP contribution in [0, 0.1) is 23.2 Å². The molecule has 0 spiro atoms. The molecule has 2 atom stereocenters. The standard InChI is InChI=1S/C33H41N7O2/c1-21-12-26(41)19-40(17-21)18-23-13-28(37-29-27(23)8-10-32(29,2)3)30(42)36-25-7-5-6-24(14-25)33(15-22(16-33)9-11-34)31-38-35-20-39(31)4/h5-7,13-14,20-22,26,41H,8-10,12,15-19H2,1-4H3,(H,36,42)/t21-,22?,26-,33?/m1/s1. The number of fused-ring (bicyclic) bond motifs is 1. The number of hydrogen-bond donors (Lipinski definition) is 2. The van der Waals surface area contributed by atoms with Crippen LogP contribution in [0.5, 0.6) is 0 Å². The number of rotatable bonds is 7. The number of nitriles is 1. The Morgan fingerprint density at radius 1 is 1.24 bits per heavy atom. The van der Waals surface area contributed by atoms with Gasteiger partial charge in [-0.3, -0.25) is 9.69 Å². The maximum atomic E-state index is 13.7. The molecule has 9 heteroatoms. The van der Waals surface area contributed by atoms with Gasteiger partial charge in [0.1, 0.15) is 17.8 Å². The van der Waals surface area contributed by atoms with E-state index in [4.69, 9.17) is 4.98 Å². The number of nitrogens with zero attached hydrogens (tertiary/aromatic N) is 6. The molecule has 3 aromatic rings. The highest BCUT2D eigenvalue weighted by molar-refractivity contribution is 6.03. The highest BCUT2D eigenvalue weighted by Crippen LogP contribution is 2.53. The van der Waals surface area contributed by atoms with Gasteiger partial charge in [0, 0.05) is 44.2 Å². The predicted molar refractivity (Wildman–Crippen MR) is 160 cm³/mol. The topological polar surface area (TPSA) is 120 Å². The number of pyridine rings is 1. The Bertz CT molecular complexity index is 1520. The molecule has 2 fully saturated rings. The summed E-state index contributed by atoms with van der Waals surface area (Å²) in [5.74, 6) is 1.40. The average molecular weight is 568 g/mol. The Morgan fingerprint density at radius 3 is 2.76 bits per heavy atom. The molecule has 3 heterocycles. The molecule has 0 radical (unpaired) electrons. The van der Waals surface area contributed by atoms with Gasteiger partial charge >= 0.3 is 0 Å². The Balaban J connectivity index is 1.28. The van der Waals surface area contributed by atoms with Crippen molar-refractivity contribution < 1.29 is 9.90 Å². The molecule has 1 saturated heterocycles. The number of carbonyl (C=O) groups is 1. The Labute approximate surface area is 248 Å². The molecule has 1 aromatic carbocycles. The number of piperidine rings is 1. The van der Waals surface area contributed by atoms with E-state index in [9.17, 15) is 15.2 Å². The van der Waals surface area contributed by atoms with Gasteiger partial charge in [-0.1, -0.05) is 32.9 Å². The van der Waals surface area contributed by atoms with Crippen molar-refractivity contribution in [2.75, 3.05) is 18.4 Å². The van der Waals surface area contributed by atoms with Crippen LogP contribution in [0.25, 0.3) is 0 Å². The van der Waals surface area contributed by atoms with Crippen LogP contribution < -0.4 is 5.32 Å². The van der Waals surface area contributed by atoms with E-state index in [1.165, 1.54) is 5.56 Å². The number of likely N-dealkylation sites (tertiary alicyclic amines) is 1. The molecule has 1 aliphatic heterocycles. The van der Waals surface area contributed by atoms with E-state index in [1.54, 1.807) is 6.33 Å². The van der Waals surface area contributed by atoms with E-state index >= 15 is 0 Å². The summed E-state index contributed by atoms with van der Waals surface area (Å²) in [6.07, 6.45) is 6.35. The molecular weight excluding hydrogens is 526 g/mol. The van der Waals surface area contributed by atoms with Crippen molar-refractivity contribution in [3.8, 4) is 6.07 Å². The zero-order valence-corrected chi connectivity index (χ0v) is 25.1. The smallest absolute Gasteiger partial charge is 0.274 e. The molecule has 2 N–H and O–H groups in total. The summed E-state index contributed by atoms with van der Waals surface area (Å²) < 4.78 is 1.95. The fourth-order valence-electron chi connectivity index (χ4n) is 7.63. The maximum absolute atomic E-state index is 13.7. The number of aliphatic hydroxyl groups is 1. The van der Waals surface area contributed by atoms with Gasteiger partial charge in [0.05, 0.1) is 23.3 Å². The fraction of sp³-hybridized carbons (Fsp3) is 0.545. The van der Waals surface area contributed by atoms with Gasteiger partial charge in [0.15, 0.2) is 0 Å². The fourth-order valence-corrected chi connectivity index (χ4v) is 7.63. The summed E-state index contributed by atoms with van der Waals surface area (Å²) in [7, 11) is 1.95. The Morgan fingerprint density at radius 2 is 2.05 bits per heavy atom. The summed E-state index contributed by atoms with van der Waals surface area (Å²) in [6, 6.07) is 12.3. The number of hydrogen-bond acceptors (Lipinski definition) is 7. The quantitative estimate of drug-likeness (QED) is 0.431. The van der Waals surface area contributed by atoms with Crippen molar-refractivity contribution >= 4 is 11.6 Å². The normalized spacial score (nSPS) is 26.7. The molecule has 220 valence electrons. The number of aryl methyl sites for hydroxylation is 1. The minimum atomic E-state index is -0.341. The van der Waals surface area contributed by atoms with Gasteiger partial charge in [0.2, 0.25) is 0 Å². The summed E-state index contributed by atoms with van der Waals surface area (Å²) in [4.78, 5) is 21.0. The SMILES string of the molecule is C[C@@H]1C[C@@H](O)CN(Cc2cc(C(=O)Nc3cccc(C4(c5nncn5C)CC(CC#N)C4)c3)nc3c2CCC3(C)C)C1. The lowest BCUT2D eigenvalue weighted by atomic mass is 9.57. The molecule has 6 rings (SSSR count). The summed E-state index contributed by atoms with van der Waals surface area (Å²) in [6.45, 7) is 8.90. The second-order valence-corrected chi connectivity index (χ2v) is 13.6. The molecule has 2 aliphatic carbocycles. The molecule has 0 bridgehead atoms. The lowest BCUT2D eigenvalue weighted by molar-refractivity contribution is 0.0407. The van der Waals surface area contributed by atoms with Crippen LogP contribution >= 0.6 is 0 Å². The Hall–Kier alpha value is -3.61. The second kappa shape index (κ2) is 10.9. The number of amides is 1. The number of nitrogens with one attached hydrogen (secondary N) is 1. The maximum Gasteiger partial charge on any atom is 0.274 e. The zero-order valence-electron chi connectivity index (χ0n) is 25.1. The van der Waals surface area contributed by atoms with E-state index in [0.29, 0.717) is 42.7 Å². The largest absolute Gasteiger partial charge is 0.392 e. The van der Waals surface area contributed by atoms with Crippen LogP contribution in [0.2, 0.25) is 0 Å². The minimum absolute atomic E-state index is 0.0956. The third-order valence-corrected chi connectivity index (χ3v) is 9.66. The first kappa shape index (κ1) is 28.5. The molecular formula is C33H41N7O2. The van der Waals surface area contributed by atoms with E-state index in [2.05, 4.69) is 53.3 Å². The summed E-state index contributed by atoms with van der Waals surface area (Å²) >= 11 is 0. The van der Waals surface area contributed by atoms with Crippen molar-refractivity contribution in [3.05, 3.63) is 70.6 Å². The first-order valence-corrected chi connectivity index (χ1v) is 15.1. The van der Waals surface area contributed by atoms with Crippen molar-refractivity contribution in [2.45, 2.75) is 82.8 Å². The van der Waals surface area contributed by atoms with E-state index < -0.39 is 0 Å². The number of carbonyl (C=O) groups excluding carboxylic acids is 1. The minimum Gasteiger partial charge on any atom is -0.392 e. The zero-order chi connectivity index (χ0) is 29.6.